The van der Waals surface area contributed by atoms with Crippen LogP contribution in [-0.2, 0) is 17.3 Å². The van der Waals surface area contributed by atoms with Crippen LogP contribution in [0.15, 0.2) is 24.3 Å². The van der Waals surface area contributed by atoms with Crippen molar-refractivity contribution < 1.29 is 10.2 Å². The van der Waals surface area contributed by atoms with Gasteiger partial charge >= 0.3 is 0 Å². The number of aryl methyl sites for hydroxylation is 2. The Labute approximate surface area is 176 Å². The van der Waals surface area contributed by atoms with Crippen molar-refractivity contribution in [1.29, 1.82) is 0 Å². The number of hydrogen-bond acceptors (Lipinski definition) is 2. The van der Waals surface area contributed by atoms with E-state index in [0.717, 1.165) is 47.9 Å². The van der Waals surface area contributed by atoms with Gasteiger partial charge in [0.25, 0.3) is 0 Å². The summed E-state index contributed by atoms with van der Waals surface area (Å²) in [4.78, 5) is 0. The first kappa shape index (κ1) is 20.3. The van der Waals surface area contributed by atoms with E-state index in [4.69, 9.17) is 0 Å². The van der Waals surface area contributed by atoms with Crippen LogP contribution in [0.1, 0.15) is 98.6 Å². The Morgan fingerprint density at radius 1 is 0.655 bits per heavy atom. The van der Waals surface area contributed by atoms with Crippen molar-refractivity contribution in [1.82, 2.24) is 0 Å². The van der Waals surface area contributed by atoms with Crippen LogP contribution in [0.4, 0.5) is 0 Å². The first-order valence-corrected chi connectivity index (χ1v) is 11.4. The topological polar surface area (TPSA) is 40.5 Å². The van der Waals surface area contributed by atoms with Crippen molar-refractivity contribution in [3.05, 3.63) is 57.6 Å². The average molecular weight is 393 g/mol. The smallest absolute Gasteiger partial charge is 0.122 e. The number of benzene rings is 2. The Morgan fingerprint density at radius 3 is 1.34 bits per heavy atom. The highest BCUT2D eigenvalue weighted by Crippen LogP contribution is 2.48. The molecule has 0 radical (unpaired) electrons. The second-order valence-electron chi connectivity index (χ2n) is 10.4. The van der Waals surface area contributed by atoms with Gasteiger partial charge in [0.1, 0.15) is 11.5 Å². The maximum Gasteiger partial charge on any atom is 0.122 e. The third kappa shape index (κ3) is 3.67. The summed E-state index contributed by atoms with van der Waals surface area (Å²) in [6, 6.07) is 8.53. The Morgan fingerprint density at radius 2 is 1.00 bits per heavy atom. The molecular weight excluding hydrogens is 356 g/mol. The van der Waals surface area contributed by atoms with E-state index in [1.54, 1.807) is 0 Å². The van der Waals surface area contributed by atoms with Crippen molar-refractivity contribution in [2.24, 2.45) is 0 Å². The molecule has 0 bridgehead atoms. The predicted molar refractivity (Wildman–Crippen MR) is 120 cm³/mol. The quantitative estimate of drug-likeness (QED) is 0.590. The molecule has 0 heterocycles. The fourth-order valence-corrected chi connectivity index (χ4v) is 5.95. The Bertz CT molecular complexity index is 837. The van der Waals surface area contributed by atoms with Gasteiger partial charge in [-0.3, -0.25) is 0 Å². The molecule has 2 aliphatic rings. The van der Waals surface area contributed by atoms with Crippen LogP contribution in [0, 0.1) is 13.8 Å². The standard InChI is InChI=1S/C27H36O2/c1-18-13-20(24(28)22(15-18)26(3)9-5-6-10-26)17-21-14-19(2)16-23(25(21)29)27(4)11-7-8-12-27/h13-16,28-29H,5-12,17H2,1-4H3. The number of phenols is 2. The minimum Gasteiger partial charge on any atom is -0.507 e. The highest BCUT2D eigenvalue weighted by atomic mass is 16.3. The second kappa shape index (κ2) is 7.38. The summed E-state index contributed by atoms with van der Waals surface area (Å²) in [5, 5.41) is 22.4. The molecule has 2 aromatic carbocycles. The molecule has 156 valence electrons. The molecule has 0 aromatic heterocycles. The van der Waals surface area contributed by atoms with E-state index >= 15 is 0 Å². The molecule has 0 amide bonds. The lowest BCUT2D eigenvalue weighted by atomic mass is 9.77. The van der Waals surface area contributed by atoms with Gasteiger partial charge in [0.05, 0.1) is 0 Å². The summed E-state index contributed by atoms with van der Waals surface area (Å²) in [5.41, 5.74) is 6.60. The maximum absolute atomic E-state index is 11.2. The normalized spacial score (nSPS) is 20.3. The van der Waals surface area contributed by atoms with Gasteiger partial charge in [-0.1, -0.05) is 74.9 Å². The molecule has 29 heavy (non-hydrogen) atoms. The molecule has 2 aromatic rings. The summed E-state index contributed by atoms with van der Waals surface area (Å²) in [6.07, 6.45) is 10.1. The minimum absolute atomic E-state index is 0.0714. The van der Waals surface area contributed by atoms with Crippen molar-refractivity contribution in [2.75, 3.05) is 0 Å². The zero-order valence-electron chi connectivity index (χ0n) is 18.6. The second-order valence-corrected chi connectivity index (χ2v) is 10.4. The Balaban J connectivity index is 1.75. The summed E-state index contributed by atoms with van der Waals surface area (Å²) in [5.74, 6) is 0.879. The van der Waals surface area contributed by atoms with E-state index in [2.05, 4.69) is 52.0 Å². The molecular formula is C27H36O2. The molecule has 2 nitrogen and oxygen atoms in total. The first-order chi connectivity index (χ1) is 13.7. The maximum atomic E-state index is 11.2. The van der Waals surface area contributed by atoms with Crippen molar-refractivity contribution in [2.45, 2.75) is 96.3 Å². The number of phenolic OH excluding ortho intramolecular Hbond substituents is 2. The summed E-state index contributed by atoms with van der Waals surface area (Å²) >= 11 is 0. The summed E-state index contributed by atoms with van der Waals surface area (Å²) in [6.45, 7) is 8.82. The van der Waals surface area contributed by atoms with E-state index in [9.17, 15) is 10.2 Å². The Hall–Kier alpha value is -1.96. The molecule has 0 spiro atoms. The van der Waals surface area contributed by atoms with E-state index < -0.39 is 0 Å². The lowest BCUT2D eigenvalue weighted by Crippen LogP contribution is -2.18. The van der Waals surface area contributed by atoms with Crippen LogP contribution in [0.5, 0.6) is 11.5 Å². The number of aromatic hydroxyl groups is 2. The van der Waals surface area contributed by atoms with E-state index in [0.29, 0.717) is 17.9 Å². The van der Waals surface area contributed by atoms with Crippen LogP contribution in [0.25, 0.3) is 0 Å². The zero-order valence-corrected chi connectivity index (χ0v) is 18.6. The lowest BCUT2D eigenvalue weighted by molar-refractivity contribution is 0.414. The first-order valence-electron chi connectivity index (χ1n) is 11.4. The van der Waals surface area contributed by atoms with Crippen LogP contribution < -0.4 is 0 Å². The average Bonchev–Trinajstić information content (AvgIpc) is 3.30. The van der Waals surface area contributed by atoms with Crippen LogP contribution in [0.2, 0.25) is 0 Å². The molecule has 0 atom stereocenters. The van der Waals surface area contributed by atoms with Gasteiger partial charge in [-0.2, -0.15) is 0 Å². The van der Waals surface area contributed by atoms with Gasteiger partial charge in [-0.15, -0.1) is 0 Å². The molecule has 0 unspecified atom stereocenters. The Kier molecular flexibility index (Phi) is 5.17. The molecule has 2 fully saturated rings. The third-order valence-corrected chi connectivity index (χ3v) is 7.76. The van der Waals surface area contributed by atoms with Crippen molar-refractivity contribution in [3.8, 4) is 11.5 Å². The summed E-state index contributed by atoms with van der Waals surface area (Å²) < 4.78 is 0. The highest BCUT2D eigenvalue weighted by molar-refractivity contribution is 5.53. The summed E-state index contributed by atoms with van der Waals surface area (Å²) in [7, 11) is 0. The van der Waals surface area contributed by atoms with Gasteiger partial charge < -0.3 is 10.2 Å². The van der Waals surface area contributed by atoms with Crippen LogP contribution in [-0.4, -0.2) is 10.2 Å². The third-order valence-electron chi connectivity index (χ3n) is 7.76. The molecule has 0 aliphatic heterocycles. The van der Waals surface area contributed by atoms with Gasteiger partial charge in [0, 0.05) is 17.5 Å². The van der Waals surface area contributed by atoms with Gasteiger partial charge in [-0.25, -0.2) is 0 Å². The van der Waals surface area contributed by atoms with Gasteiger partial charge in [0.2, 0.25) is 0 Å². The van der Waals surface area contributed by atoms with Crippen molar-refractivity contribution >= 4 is 0 Å². The largest absolute Gasteiger partial charge is 0.507 e. The van der Waals surface area contributed by atoms with Gasteiger partial charge in [-0.05, 0) is 61.5 Å². The molecule has 2 heteroatoms. The lowest BCUT2D eigenvalue weighted by Gasteiger charge is -2.28. The minimum atomic E-state index is 0.0714. The monoisotopic (exact) mass is 392 g/mol. The van der Waals surface area contributed by atoms with Crippen molar-refractivity contribution in [3.63, 3.8) is 0 Å². The number of hydrogen-bond donors (Lipinski definition) is 2. The highest BCUT2D eigenvalue weighted by Gasteiger charge is 2.35. The van der Waals surface area contributed by atoms with E-state index in [1.807, 2.05) is 0 Å². The van der Waals surface area contributed by atoms with Gasteiger partial charge in [0.15, 0.2) is 0 Å². The molecule has 2 aliphatic carbocycles. The van der Waals surface area contributed by atoms with Crippen LogP contribution in [0.3, 0.4) is 0 Å². The van der Waals surface area contributed by atoms with E-state index in [-0.39, 0.29) is 10.8 Å². The fraction of sp³-hybridized carbons (Fsp3) is 0.556. The predicted octanol–water partition coefficient (Wildman–Crippen LogP) is 6.97. The molecule has 2 N–H and O–H groups in total. The number of rotatable bonds is 4. The zero-order chi connectivity index (χ0) is 20.8. The molecule has 2 saturated carbocycles. The molecule has 4 rings (SSSR count). The van der Waals surface area contributed by atoms with Crippen LogP contribution >= 0.6 is 0 Å². The van der Waals surface area contributed by atoms with E-state index in [1.165, 1.54) is 36.8 Å². The SMILES string of the molecule is Cc1cc(Cc2cc(C)cc(C3(C)CCCC3)c2O)c(O)c(C2(C)CCCC2)c1. The fourth-order valence-electron chi connectivity index (χ4n) is 5.95. The molecule has 0 saturated heterocycles.